The molecule has 0 amide bonds. The Morgan fingerprint density at radius 2 is 1.67 bits per heavy atom. The Bertz CT molecular complexity index is 592. The third kappa shape index (κ3) is 4.23. The van der Waals surface area contributed by atoms with Gasteiger partial charge in [-0.05, 0) is 24.3 Å². The Balaban J connectivity index is 3.34. The fraction of sp³-hybridized carbons (Fsp3) is 0.286. The number of methoxy groups -OCH3 is 2. The molecule has 0 radical (unpaired) electrons. The molecule has 0 aliphatic rings. The van der Waals surface area contributed by atoms with Crippen LogP contribution in [0.25, 0.3) is 5.76 Å². The molecule has 7 heteroatoms. The molecule has 0 aliphatic carbocycles. The number of alkyl halides is 3. The second kappa shape index (κ2) is 6.78. The number of benzene rings is 1. The molecule has 1 rings (SSSR count). The van der Waals surface area contributed by atoms with E-state index >= 15 is 0 Å². The Hall–Kier alpha value is -2.51. The fourth-order valence-electron chi connectivity index (χ4n) is 1.61. The molecule has 21 heavy (non-hydrogen) atoms. The first kappa shape index (κ1) is 16.5. The first-order chi connectivity index (χ1) is 9.85. The van der Waals surface area contributed by atoms with Crippen LogP contribution in [0.3, 0.4) is 0 Å². The van der Waals surface area contributed by atoms with Crippen molar-refractivity contribution >= 4 is 5.76 Å². The number of ether oxygens (including phenoxy) is 2. The van der Waals surface area contributed by atoms with Gasteiger partial charge >= 0.3 is 6.18 Å². The van der Waals surface area contributed by atoms with Crippen molar-refractivity contribution in [2.45, 2.75) is 12.3 Å². The average Bonchev–Trinajstić information content (AvgIpc) is 2.46. The van der Waals surface area contributed by atoms with Crippen molar-refractivity contribution in [3.05, 3.63) is 41.0 Å². The van der Waals surface area contributed by atoms with Gasteiger partial charge in [0, 0.05) is 12.7 Å². The fourth-order valence-corrected chi connectivity index (χ4v) is 1.61. The van der Waals surface area contributed by atoms with Crippen LogP contribution in [0.5, 0.6) is 0 Å². The normalized spacial score (nSPS) is 13.2. The molecule has 0 aromatic heterocycles. The topological polar surface area (TPSA) is 66.0 Å². The van der Waals surface area contributed by atoms with Crippen molar-refractivity contribution in [3.63, 3.8) is 0 Å². The summed E-state index contributed by atoms with van der Waals surface area (Å²) in [4.78, 5) is 0. The lowest BCUT2D eigenvalue weighted by Gasteiger charge is -2.17. The van der Waals surface area contributed by atoms with Crippen molar-refractivity contribution in [2.24, 2.45) is 0 Å². The molecule has 0 saturated heterocycles. The van der Waals surface area contributed by atoms with Crippen molar-refractivity contribution in [1.82, 2.24) is 0 Å². The number of nitriles is 2. The summed E-state index contributed by atoms with van der Waals surface area (Å²) in [6.07, 6.45) is -6.00. The second-order valence-corrected chi connectivity index (χ2v) is 3.96. The minimum absolute atomic E-state index is 0.132. The van der Waals surface area contributed by atoms with E-state index in [-0.39, 0.29) is 22.4 Å². The maximum absolute atomic E-state index is 12.7. The van der Waals surface area contributed by atoms with Crippen LogP contribution < -0.4 is 0 Å². The molecule has 110 valence electrons. The lowest BCUT2D eigenvalue weighted by Crippen LogP contribution is -2.29. The van der Waals surface area contributed by atoms with Gasteiger partial charge < -0.3 is 9.47 Å². The largest absolute Gasteiger partial charge is 0.496 e. The Kier molecular flexibility index (Phi) is 5.34. The Labute approximate surface area is 119 Å². The summed E-state index contributed by atoms with van der Waals surface area (Å²) in [5, 5.41) is 17.7. The lowest BCUT2D eigenvalue weighted by atomic mass is 10.0. The minimum atomic E-state index is -4.59. The van der Waals surface area contributed by atoms with Crippen LogP contribution in [0, 0.1) is 22.7 Å². The molecule has 0 aliphatic heterocycles. The molecular weight excluding hydrogens is 285 g/mol. The number of halogens is 3. The molecule has 0 bridgehead atoms. The predicted octanol–water partition coefficient (Wildman–Crippen LogP) is 2.99. The number of rotatable bonds is 4. The van der Waals surface area contributed by atoms with Gasteiger partial charge in [0.15, 0.2) is 6.10 Å². The summed E-state index contributed by atoms with van der Waals surface area (Å²) in [6, 6.07) is 7.66. The van der Waals surface area contributed by atoms with Gasteiger partial charge in [-0.15, -0.1) is 0 Å². The van der Waals surface area contributed by atoms with Gasteiger partial charge in [-0.25, -0.2) is 0 Å². The van der Waals surface area contributed by atoms with E-state index in [1.165, 1.54) is 25.3 Å². The van der Waals surface area contributed by atoms with Crippen molar-refractivity contribution in [2.75, 3.05) is 14.2 Å². The summed E-state index contributed by atoms with van der Waals surface area (Å²) in [6.45, 7) is 0. The first-order valence-electron chi connectivity index (χ1n) is 5.66. The van der Waals surface area contributed by atoms with E-state index in [2.05, 4.69) is 4.74 Å². The quantitative estimate of drug-likeness (QED) is 0.801. The van der Waals surface area contributed by atoms with E-state index in [1.807, 2.05) is 12.1 Å². The molecule has 0 heterocycles. The second-order valence-electron chi connectivity index (χ2n) is 3.96. The molecule has 1 unspecified atom stereocenters. The highest BCUT2D eigenvalue weighted by Gasteiger charge is 2.39. The van der Waals surface area contributed by atoms with E-state index in [0.717, 1.165) is 13.2 Å². The van der Waals surface area contributed by atoms with Gasteiger partial charge in [-0.1, -0.05) is 0 Å². The van der Waals surface area contributed by atoms with Gasteiger partial charge in [-0.3, -0.25) is 0 Å². The summed E-state index contributed by atoms with van der Waals surface area (Å²) >= 11 is 0. The highest BCUT2D eigenvalue weighted by molar-refractivity contribution is 5.64. The van der Waals surface area contributed by atoms with Crippen molar-refractivity contribution < 1.29 is 22.6 Å². The SMILES string of the molecule is CO/C(=C\C(OC)C(F)(F)F)c1cc(C#N)cc(C#N)c1. The predicted molar refractivity (Wildman–Crippen MR) is 67.7 cm³/mol. The number of hydrogen-bond donors (Lipinski definition) is 0. The molecule has 0 saturated carbocycles. The minimum Gasteiger partial charge on any atom is -0.496 e. The van der Waals surface area contributed by atoms with Crippen LogP contribution in [0.2, 0.25) is 0 Å². The van der Waals surface area contributed by atoms with Crippen LogP contribution >= 0.6 is 0 Å². The molecule has 1 atom stereocenters. The van der Waals surface area contributed by atoms with E-state index in [1.54, 1.807) is 0 Å². The summed E-state index contributed by atoms with van der Waals surface area (Å²) < 4.78 is 47.4. The number of hydrogen-bond acceptors (Lipinski definition) is 4. The molecule has 0 fully saturated rings. The third-order valence-electron chi connectivity index (χ3n) is 2.57. The maximum Gasteiger partial charge on any atom is 0.418 e. The molecule has 4 nitrogen and oxygen atoms in total. The molecular formula is C14H11F3N2O2. The first-order valence-corrected chi connectivity index (χ1v) is 5.66. The number of nitrogens with zero attached hydrogens (tertiary/aromatic N) is 2. The Morgan fingerprint density at radius 3 is 2.00 bits per heavy atom. The van der Waals surface area contributed by atoms with Crippen LogP contribution in [-0.2, 0) is 9.47 Å². The summed E-state index contributed by atoms with van der Waals surface area (Å²) in [5.74, 6) is -0.132. The monoisotopic (exact) mass is 296 g/mol. The average molecular weight is 296 g/mol. The van der Waals surface area contributed by atoms with Crippen LogP contribution in [0.4, 0.5) is 13.2 Å². The molecule has 1 aromatic carbocycles. The molecule has 0 spiro atoms. The zero-order chi connectivity index (χ0) is 16.0. The zero-order valence-electron chi connectivity index (χ0n) is 11.2. The molecule has 0 N–H and O–H groups in total. The molecule has 1 aromatic rings. The lowest BCUT2D eigenvalue weighted by molar-refractivity contribution is -0.196. The third-order valence-corrected chi connectivity index (χ3v) is 2.57. The maximum atomic E-state index is 12.7. The Morgan fingerprint density at radius 1 is 1.14 bits per heavy atom. The van der Waals surface area contributed by atoms with Crippen molar-refractivity contribution in [1.29, 1.82) is 10.5 Å². The van der Waals surface area contributed by atoms with E-state index in [9.17, 15) is 13.2 Å². The van der Waals surface area contributed by atoms with Crippen molar-refractivity contribution in [3.8, 4) is 12.1 Å². The summed E-state index contributed by atoms with van der Waals surface area (Å²) in [5.41, 5.74) is 0.486. The highest BCUT2D eigenvalue weighted by Crippen LogP contribution is 2.27. The van der Waals surface area contributed by atoms with Gasteiger partial charge in [0.05, 0.1) is 30.4 Å². The van der Waals surface area contributed by atoms with Gasteiger partial charge in [0.25, 0.3) is 0 Å². The highest BCUT2D eigenvalue weighted by atomic mass is 19.4. The van der Waals surface area contributed by atoms with Gasteiger partial charge in [0.1, 0.15) is 5.76 Å². The van der Waals surface area contributed by atoms with E-state index in [0.29, 0.717) is 0 Å². The zero-order valence-corrected chi connectivity index (χ0v) is 11.2. The smallest absolute Gasteiger partial charge is 0.418 e. The standard InChI is InChI=1S/C14H11F3N2O2/c1-20-12(6-13(21-2)14(15,16)17)11-4-9(7-18)3-10(5-11)8-19/h3-6,13H,1-2H3/b12-6-. The van der Waals surface area contributed by atoms with Gasteiger partial charge in [0.2, 0.25) is 0 Å². The van der Waals surface area contributed by atoms with E-state index in [4.69, 9.17) is 15.3 Å². The van der Waals surface area contributed by atoms with Gasteiger partial charge in [-0.2, -0.15) is 23.7 Å². The van der Waals surface area contributed by atoms with Crippen LogP contribution in [-0.4, -0.2) is 26.5 Å². The van der Waals surface area contributed by atoms with Crippen LogP contribution in [0.1, 0.15) is 16.7 Å². The van der Waals surface area contributed by atoms with Crippen LogP contribution in [0.15, 0.2) is 24.3 Å². The summed E-state index contributed by atoms with van der Waals surface area (Å²) in [7, 11) is 2.12. The van der Waals surface area contributed by atoms with E-state index < -0.39 is 12.3 Å².